The molecule has 3 aromatic carbocycles. The van der Waals surface area contributed by atoms with E-state index in [0.29, 0.717) is 70.1 Å². The molecule has 1 atom stereocenters. The van der Waals surface area contributed by atoms with Gasteiger partial charge in [0, 0.05) is 80.4 Å². The summed E-state index contributed by atoms with van der Waals surface area (Å²) in [6, 6.07) is 18.0. The molecule has 13 nitrogen and oxygen atoms in total. The average Bonchev–Trinajstić information content (AvgIpc) is 3.53. The number of fused-ring (bicyclic) bond motifs is 1. The first-order valence-electron chi connectivity index (χ1n) is 21.0. The van der Waals surface area contributed by atoms with Gasteiger partial charge in [-0.05, 0) is 86.7 Å². The lowest BCUT2D eigenvalue weighted by Gasteiger charge is -2.34. The Kier molecular flexibility index (Phi) is 18.0. The van der Waals surface area contributed by atoms with E-state index in [1.165, 1.54) is 6.07 Å². The predicted octanol–water partition coefficient (Wildman–Crippen LogP) is 6.82. The van der Waals surface area contributed by atoms with Crippen LogP contribution in [0.25, 0.3) is 10.9 Å². The number of benzene rings is 3. The Labute approximate surface area is 368 Å². The number of rotatable bonds is 21. The third kappa shape index (κ3) is 13.0. The van der Waals surface area contributed by atoms with Crippen LogP contribution in [-0.4, -0.2) is 128 Å². The van der Waals surface area contributed by atoms with E-state index in [1.807, 2.05) is 26.0 Å². The molecular formula is C46H57Cl2N5O8. The molecule has 0 radical (unpaired) electrons. The molecule has 1 aromatic heterocycles. The van der Waals surface area contributed by atoms with Crippen molar-refractivity contribution in [1.82, 2.24) is 24.6 Å². The van der Waals surface area contributed by atoms with Crippen LogP contribution in [0.3, 0.4) is 0 Å². The molecule has 0 bridgehead atoms. The summed E-state index contributed by atoms with van der Waals surface area (Å²) in [4.78, 5) is 72.4. The Morgan fingerprint density at radius 1 is 0.820 bits per heavy atom. The minimum atomic E-state index is -0.834. The summed E-state index contributed by atoms with van der Waals surface area (Å²) in [5.41, 5.74) is 2.64. The molecule has 1 aliphatic heterocycles. The van der Waals surface area contributed by atoms with E-state index in [0.717, 1.165) is 45.6 Å². The fourth-order valence-electron chi connectivity index (χ4n) is 7.57. The molecule has 1 N–H and O–H groups in total. The van der Waals surface area contributed by atoms with Gasteiger partial charge in [-0.15, -0.1) is 0 Å². The van der Waals surface area contributed by atoms with Gasteiger partial charge in [0.25, 0.3) is 11.8 Å². The molecule has 0 aliphatic carbocycles. The summed E-state index contributed by atoms with van der Waals surface area (Å²) < 4.78 is 18.2. The largest absolute Gasteiger partial charge is 0.497 e. The number of amides is 2. The number of hydrogen-bond acceptors (Lipinski definition) is 10. The van der Waals surface area contributed by atoms with E-state index in [9.17, 15) is 24.0 Å². The lowest BCUT2D eigenvalue weighted by molar-refractivity contribution is -0.144. The van der Waals surface area contributed by atoms with Crippen molar-refractivity contribution in [3.8, 4) is 5.75 Å². The fourth-order valence-corrected chi connectivity index (χ4v) is 8.06. The molecule has 0 spiro atoms. The minimum Gasteiger partial charge on any atom is -0.497 e. The second-order valence-electron chi connectivity index (χ2n) is 15.1. The highest BCUT2D eigenvalue weighted by Crippen LogP contribution is 2.32. The van der Waals surface area contributed by atoms with Gasteiger partial charge in [0.1, 0.15) is 18.4 Å². The Bertz CT molecular complexity index is 2130. The van der Waals surface area contributed by atoms with Crippen LogP contribution in [0.5, 0.6) is 5.75 Å². The van der Waals surface area contributed by atoms with Crippen LogP contribution in [0.2, 0.25) is 10.0 Å². The van der Waals surface area contributed by atoms with Crippen molar-refractivity contribution in [3.05, 3.63) is 99.2 Å². The number of esters is 2. The predicted molar refractivity (Wildman–Crippen MR) is 237 cm³/mol. The average molecular weight is 879 g/mol. The van der Waals surface area contributed by atoms with Crippen LogP contribution >= 0.6 is 23.2 Å². The Morgan fingerprint density at radius 2 is 1.49 bits per heavy atom. The van der Waals surface area contributed by atoms with E-state index in [-0.39, 0.29) is 55.2 Å². The standard InChI is InChI=1S/C46H57Cl2N5O8/c1-5-19-52(20-6-2)46(58)40(49-44(56)33-11-8-7-9-12-33)16-18-42(54)60-27-10-21-50-22-24-51(25-23-50)26-28-61-43(55)31-37-32(3)53(41-17-14-35(59-4)30-38(37)41)45(57)36-15-13-34(47)29-39(36)48/h7-9,11-15,17,29-30,40H,5-6,10,16,18-28,31H2,1-4H3,(H,49,56). The summed E-state index contributed by atoms with van der Waals surface area (Å²) in [5.74, 6) is -1.09. The molecule has 4 aromatic rings. The Hall–Kier alpha value is -4.95. The van der Waals surface area contributed by atoms with Gasteiger partial charge >= 0.3 is 11.9 Å². The van der Waals surface area contributed by atoms with Crippen LogP contribution < -0.4 is 10.1 Å². The highest BCUT2D eigenvalue weighted by atomic mass is 35.5. The number of methoxy groups -OCH3 is 1. The third-order valence-corrected chi connectivity index (χ3v) is 11.4. The third-order valence-electron chi connectivity index (χ3n) is 10.8. The van der Waals surface area contributed by atoms with Crippen molar-refractivity contribution in [2.45, 2.75) is 65.3 Å². The van der Waals surface area contributed by atoms with Gasteiger partial charge < -0.3 is 29.3 Å². The molecule has 328 valence electrons. The zero-order valence-corrected chi connectivity index (χ0v) is 37.1. The molecule has 5 rings (SSSR count). The van der Waals surface area contributed by atoms with Crippen molar-refractivity contribution < 1.29 is 38.2 Å². The normalized spacial score (nSPS) is 13.7. The molecule has 2 amide bonds. The van der Waals surface area contributed by atoms with Gasteiger partial charge in [-0.25, -0.2) is 0 Å². The van der Waals surface area contributed by atoms with Crippen molar-refractivity contribution >= 4 is 63.8 Å². The zero-order chi connectivity index (χ0) is 43.9. The first-order valence-corrected chi connectivity index (χ1v) is 21.8. The number of aromatic nitrogens is 1. The van der Waals surface area contributed by atoms with Crippen molar-refractivity contribution in [3.63, 3.8) is 0 Å². The summed E-state index contributed by atoms with van der Waals surface area (Å²) in [6.07, 6.45) is 2.38. The van der Waals surface area contributed by atoms with Crippen LogP contribution in [-0.2, 0) is 30.3 Å². The van der Waals surface area contributed by atoms with Crippen LogP contribution in [0.1, 0.15) is 77.9 Å². The van der Waals surface area contributed by atoms with Gasteiger partial charge in [-0.2, -0.15) is 0 Å². The lowest BCUT2D eigenvalue weighted by atomic mass is 10.1. The summed E-state index contributed by atoms with van der Waals surface area (Å²) in [7, 11) is 1.56. The molecule has 1 fully saturated rings. The number of nitrogens with one attached hydrogen (secondary N) is 1. The molecular weight excluding hydrogens is 821 g/mol. The minimum absolute atomic E-state index is 0.0117. The van der Waals surface area contributed by atoms with Gasteiger partial charge in [0.2, 0.25) is 5.91 Å². The number of ether oxygens (including phenoxy) is 3. The summed E-state index contributed by atoms with van der Waals surface area (Å²) in [6.45, 7) is 12.0. The van der Waals surface area contributed by atoms with Gasteiger partial charge in [-0.1, -0.05) is 55.2 Å². The van der Waals surface area contributed by atoms with E-state index < -0.39 is 18.0 Å². The Balaban J connectivity index is 1.03. The molecule has 15 heteroatoms. The molecule has 61 heavy (non-hydrogen) atoms. The number of piperazine rings is 1. The molecule has 1 saturated heterocycles. The highest BCUT2D eigenvalue weighted by molar-refractivity contribution is 6.37. The van der Waals surface area contributed by atoms with E-state index in [1.54, 1.807) is 72.0 Å². The molecule has 0 saturated carbocycles. The van der Waals surface area contributed by atoms with E-state index in [2.05, 4.69) is 15.1 Å². The summed E-state index contributed by atoms with van der Waals surface area (Å²) in [5, 5.41) is 4.22. The zero-order valence-electron chi connectivity index (χ0n) is 35.6. The van der Waals surface area contributed by atoms with Crippen molar-refractivity contribution in [2.75, 3.05) is 72.7 Å². The quantitative estimate of drug-likeness (QED) is 0.0701. The van der Waals surface area contributed by atoms with Crippen LogP contribution in [0.15, 0.2) is 66.7 Å². The van der Waals surface area contributed by atoms with Crippen LogP contribution in [0.4, 0.5) is 0 Å². The van der Waals surface area contributed by atoms with Crippen molar-refractivity contribution in [2.24, 2.45) is 0 Å². The van der Waals surface area contributed by atoms with Gasteiger partial charge in [0.15, 0.2) is 0 Å². The SMILES string of the molecule is CCCN(CCC)C(=O)C(CCC(=O)OCCCN1CCN(CCOC(=O)Cc2c(C)n(C(=O)c3ccc(Cl)cc3Cl)c3ccc(OC)cc23)CC1)NC(=O)c1ccccc1. The number of hydrogen-bond donors (Lipinski definition) is 1. The van der Waals surface area contributed by atoms with E-state index >= 15 is 0 Å². The smallest absolute Gasteiger partial charge is 0.310 e. The van der Waals surface area contributed by atoms with Gasteiger partial charge in [-0.3, -0.25) is 33.4 Å². The van der Waals surface area contributed by atoms with Crippen LogP contribution in [0, 0.1) is 6.92 Å². The lowest BCUT2D eigenvalue weighted by Crippen LogP contribution is -2.49. The molecule has 2 heterocycles. The second kappa shape index (κ2) is 23.3. The van der Waals surface area contributed by atoms with E-state index in [4.69, 9.17) is 37.4 Å². The van der Waals surface area contributed by atoms with Gasteiger partial charge in [0.05, 0.1) is 36.2 Å². The number of halogens is 2. The first kappa shape index (κ1) is 47.1. The number of nitrogens with zero attached hydrogens (tertiary/aromatic N) is 4. The molecule has 1 aliphatic rings. The maximum atomic E-state index is 13.7. The Morgan fingerprint density at radius 3 is 2.15 bits per heavy atom. The maximum absolute atomic E-state index is 13.7. The number of carbonyl (C=O) groups is 5. The number of carbonyl (C=O) groups excluding carboxylic acids is 5. The maximum Gasteiger partial charge on any atom is 0.310 e. The summed E-state index contributed by atoms with van der Waals surface area (Å²) >= 11 is 12.5. The highest BCUT2D eigenvalue weighted by Gasteiger charge is 2.28. The monoisotopic (exact) mass is 877 g/mol. The van der Waals surface area contributed by atoms with Crippen molar-refractivity contribution in [1.29, 1.82) is 0 Å². The molecule has 1 unspecified atom stereocenters. The fraction of sp³-hybridized carbons (Fsp3) is 0.457. The first-order chi connectivity index (χ1) is 29.4. The topological polar surface area (TPSA) is 140 Å². The second-order valence-corrected chi connectivity index (χ2v) is 16.0.